The van der Waals surface area contributed by atoms with Crippen molar-refractivity contribution >= 4 is 0 Å². The highest BCUT2D eigenvalue weighted by molar-refractivity contribution is 4.93. The minimum atomic E-state index is 0.303. The molecule has 2 heteroatoms. The highest BCUT2D eigenvalue weighted by atomic mass is 14.9. The zero-order valence-electron chi connectivity index (χ0n) is 8.21. The molecule has 0 aliphatic carbocycles. The van der Waals surface area contributed by atoms with Gasteiger partial charge in [0, 0.05) is 6.04 Å². The molecule has 2 unspecified atom stereocenters. The van der Waals surface area contributed by atoms with E-state index in [-0.39, 0.29) is 0 Å². The molecule has 0 aromatic heterocycles. The van der Waals surface area contributed by atoms with Gasteiger partial charge in [0.15, 0.2) is 0 Å². The van der Waals surface area contributed by atoms with E-state index >= 15 is 0 Å². The molecule has 1 rings (SSSR count). The van der Waals surface area contributed by atoms with Crippen molar-refractivity contribution < 1.29 is 0 Å². The number of allylic oxidation sites excluding steroid dienone is 2. The molecule has 74 valence electrons. The van der Waals surface area contributed by atoms with E-state index in [0.717, 1.165) is 25.9 Å². The van der Waals surface area contributed by atoms with Crippen LogP contribution < -0.4 is 11.1 Å². The van der Waals surface area contributed by atoms with Gasteiger partial charge >= 0.3 is 0 Å². The molecule has 0 aromatic rings. The fraction of sp³-hybridized carbons (Fsp3) is 0.636. The van der Waals surface area contributed by atoms with E-state index in [2.05, 4.69) is 18.5 Å². The molecule has 0 radical (unpaired) electrons. The Bertz CT molecular complexity index is 159. The molecule has 1 aliphatic heterocycles. The predicted octanol–water partition coefficient (Wildman–Crippen LogP) is 1.30. The number of piperidine rings is 1. The minimum Gasteiger partial charge on any atom is -0.327 e. The maximum absolute atomic E-state index is 6.16. The molecule has 1 fully saturated rings. The Hall–Kier alpha value is -0.600. The summed E-state index contributed by atoms with van der Waals surface area (Å²) in [5, 5.41) is 3.41. The van der Waals surface area contributed by atoms with Crippen LogP contribution >= 0.6 is 0 Å². The van der Waals surface area contributed by atoms with Crippen molar-refractivity contribution in [1.82, 2.24) is 5.32 Å². The third kappa shape index (κ3) is 2.68. The first-order valence-electron chi connectivity index (χ1n) is 4.97. The number of nitrogens with one attached hydrogen (secondary N) is 1. The first kappa shape index (κ1) is 10.5. The van der Waals surface area contributed by atoms with Gasteiger partial charge in [-0.25, -0.2) is 0 Å². The largest absolute Gasteiger partial charge is 0.327 e. The number of nitrogens with two attached hydrogens (primary N) is 1. The fourth-order valence-electron chi connectivity index (χ4n) is 2.02. The molecule has 3 N–H and O–H groups in total. The molecule has 0 aromatic carbocycles. The highest BCUT2D eigenvalue weighted by Gasteiger charge is 2.28. The Morgan fingerprint density at radius 1 is 1.15 bits per heavy atom. The van der Waals surface area contributed by atoms with Crippen molar-refractivity contribution in [2.24, 2.45) is 17.6 Å². The molecule has 1 saturated heterocycles. The first-order valence-corrected chi connectivity index (χ1v) is 4.97. The van der Waals surface area contributed by atoms with Gasteiger partial charge in [-0.2, -0.15) is 0 Å². The molecule has 2 atom stereocenters. The van der Waals surface area contributed by atoms with Crippen LogP contribution in [0.3, 0.4) is 0 Å². The van der Waals surface area contributed by atoms with Gasteiger partial charge in [0.1, 0.15) is 0 Å². The van der Waals surface area contributed by atoms with Gasteiger partial charge in [-0.05, 0) is 37.8 Å². The fourth-order valence-corrected chi connectivity index (χ4v) is 2.02. The van der Waals surface area contributed by atoms with Crippen molar-refractivity contribution in [2.45, 2.75) is 18.9 Å². The topological polar surface area (TPSA) is 38.0 Å². The quantitative estimate of drug-likeness (QED) is 0.640. The van der Waals surface area contributed by atoms with E-state index in [1.54, 1.807) is 0 Å². The van der Waals surface area contributed by atoms with Gasteiger partial charge in [0.25, 0.3) is 0 Å². The van der Waals surface area contributed by atoms with E-state index in [0.29, 0.717) is 17.9 Å². The number of rotatable bonds is 4. The second kappa shape index (κ2) is 5.20. The zero-order chi connectivity index (χ0) is 9.68. The van der Waals surface area contributed by atoms with Gasteiger partial charge in [0.2, 0.25) is 0 Å². The van der Waals surface area contributed by atoms with Gasteiger partial charge in [-0.15, -0.1) is 13.2 Å². The molecule has 1 heterocycles. The van der Waals surface area contributed by atoms with Crippen molar-refractivity contribution in [1.29, 1.82) is 0 Å². The first-order chi connectivity index (χ1) is 6.29. The third-order valence-electron chi connectivity index (χ3n) is 2.84. The van der Waals surface area contributed by atoms with E-state index in [4.69, 9.17) is 5.73 Å². The van der Waals surface area contributed by atoms with Crippen molar-refractivity contribution in [3.05, 3.63) is 25.3 Å². The van der Waals surface area contributed by atoms with Crippen LogP contribution in [0.15, 0.2) is 25.3 Å². The van der Waals surface area contributed by atoms with Gasteiger partial charge in [-0.1, -0.05) is 12.2 Å². The van der Waals surface area contributed by atoms with Crippen LogP contribution in [-0.2, 0) is 0 Å². The summed E-state index contributed by atoms with van der Waals surface area (Å²) >= 11 is 0. The summed E-state index contributed by atoms with van der Waals surface area (Å²) in [7, 11) is 0. The second-order valence-electron chi connectivity index (χ2n) is 3.80. The lowest BCUT2D eigenvalue weighted by Gasteiger charge is -2.35. The Kier molecular flexibility index (Phi) is 4.19. The van der Waals surface area contributed by atoms with Crippen LogP contribution in [0, 0.1) is 11.8 Å². The maximum atomic E-state index is 6.16. The Labute approximate surface area is 80.9 Å². The third-order valence-corrected chi connectivity index (χ3v) is 2.84. The lowest BCUT2D eigenvalue weighted by atomic mass is 9.82. The Morgan fingerprint density at radius 3 is 2.00 bits per heavy atom. The van der Waals surface area contributed by atoms with Crippen LogP contribution in [0.5, 0.6) is 0 Å². The zero-order valence-corrected chi connectivity index (χ0v) is 8.21. The summed E-state index contributed by atoms with van der Waals surface area (Å²) in [6, 6.07) is 0.303. The van der Waals surface area contributed by atoms with E-state index < -0.39 is 0 Å². The molecule has 13 heavy (non-hydrogen) atoms. The van der Waals surface area contributed by atoms with Gasteiger partial charge in [-0.3, -0.25) is 0 Å². The summed E-state index contributed by atoms with van der Waals surface area (Å²) in [5.41, 5.74) is 6.16. The van der Waals surface area contributed by atoms with E-state index in [1.165, 1.54) is 0 Å². The summed E-state index contributed by atoms with van der Waals surface area (Å²) in [4.78, 5) is 0. The Morgan fingerprint density at radius 2 is 1.62 bits per heavy atom. The highest BCUT2D eigenvalue weighted by Crippen LogP contribution is 2.21. The number of hydrogen-bond acceptors (Lipinski definition) is 2. The SMILES string of the molecule is C=CCC1CNCC(CC=C)C1N. The normalized spacial score (nSPS) is 34.1. The monoisotopic (exact) mass is 180 g/mol. The van der Waals surface area contributed by atoms with Crippen LogP contribution in [0.1, 0.15) is 12.8 Å². The van der Waals surface area contributed by atoms with Crippen molar-refractivity contribution in [3.8, 4) is 0 Å². The van der Waals surface area contributed by atoms with Crippen molar-refractivity contribution in [2.75, 3.05) is 13.1 Å². The second-order valence-corrected chi connectivity index (χ2v) is 3.80. The average Bonchev–Trinajstić information content (AvgIpc) is 2.13. The molecule has 1 aliphatic rings. The molecule has 0 amide bonds. The van der Waals surface area contributed by atoms with E-state index in [1.807, 2.05) is 12.2 Å². The number of hydrogen-bond donors (Lipinski definition) is 2. The van der Waals surface area contributed by atoms with Crippen LogP contribution in [0.2, 0.25) is 0 Å². The summed E-state index contributed by atoms with van der Waals surface area (Å²) < 4.78 is 0. The van der Waals surface area contributed by atoms with Crippen molar-refractivity contribution in [3.63, 3.8) is 0 Å². The van der Waals surface area contributed by atoms with Crippen LogP contribution in [0.25, 0.3) is 0 Å². The lowest BCUT2D eigenvalue weighted by molar-refractivity contribution is 0.241. The Balaban J connectivity index is 2.48. The summed E-state index contributed by atoms with van der Waals surface area (Å²) in [6.45, 7) is 9.57. The molecule has 0 saturated carbocycles. The molecule has 0 spiro atoms. The predicted molar refractivity (Wildman–Crippen MR) is 57.5 cm³/mol. The summed E-state index contributed by atoms with van der Waals surface area (Å²) in [5.74, 6) is 1.10. The standard InChI is InChI=1S/C11H20N2/c1-3-5-9-7-13-8-10(6-4-2)11(9)12/h3-4,9-11,13H,1-2,5-8,12H2. The van der Waals surface area contributed by atoms with Gasteiger partial charge in [0.05, 0.1) is 0 Å². The smallest absolute Gasteiger partial charge is 0.0126 e. The maximum Gasteiger partial charge on any atom is 0.0126 e. The van der Waals surface area contributed by atoms with Crippen LogP contribution in [0.4, 0.5) is 0 Å². The van der Waals surface area contributed by atoms with E-state index in [9.17, 15) is 0 Å². The van der Waals surface area contributed by atoms with Gasteiger partial charge < -0.3 is 11.1 Å². The average molecular weight is 180 g/mol. The molecule has 2 nitrogen and oxygen atoms in total. The van der Waals surface area contributed by atoms with Crippen LogP contribution in [-0.4, -0.2) is 19.1 Å². The molecular formula is C11H20N2. The molecule has 0 bridgehead atoms. The lowest BCUT2D eigenvalue weighted by Crippen LogP contribution is -2.51. The summed E-state index contributed by atoms with van der Waals surface area (Å²) in [6.07, 6.45) is 5.95. The molecular weight excluding hydrogens is 160 g/mol. The minimum absolute atomic E-state index is 0.303.